The van der Waals surface area contributed by atoms with Gasteiger partial charge in [0.1, 0.15) is 5.82 Å². The third kappa shape index (κ3) is 2.97. The molecular formula is C14H21FN2. The van der Waals surface area contributed by atoms with Gasteiger partial charge in [-0.25, -0.2) is 4.39 Å². The van der Waals surface area contributed by atoms with E-state index in [9.17, 15) is 4.39 Å². The molecule has 0 amide bonds. The molecule has 1 aliphatic carbocycles. The number of nitrogens with zero attached hydrogens (tertiary/aromatic N) is 1. The second-order valence-corrected chi connectivity index (χ2v) is 4.77. The van der Waals surface area contributed by atoms with Crippen LogP contribution < -0.4 is 10.6 Å². The zero-order valence-electron chi connectivity index (χ0n) is 10.5. The molecule has 2 rings (SSSR count). The van der Waals surface area contributed by atoms with Crippen molar-refractivity contribution in [1.29, 1.82) is 0 Å². The number of para-hydroxylation sites is 1. The average molecular weight is 236 g/mol. The van der Waals surface area contributed by atoms with Crippen LogP contribution in [0.5, 0.6) is 0 Å². The van der Waals surface area contributed by atoms with E-state index in [1.165, 1.54) is 12.8 Å². The minimum absolute atomic E-state index is 0.113. The normalized spacial score (nSPS) is 15.0. The fourth-order valence-corrected chi connectivity index (χ4v) is 2.26. The molecule has 3 heteroatoms. The molecule has 1 aromatic carbocycles. The summed E-state index contributed by atoms with van der Waals surface area (Å²) >= 11 is 0. The molecule has 0 saturated heterocycles. The van der Waals surface area contributed by atoms with Gasteiger partial charge in [0.05, 0.1) is 5.69 Å². The first-order valence-electron chi connectivity index (χ1n) is 6.48. The lowest BCUT2D eigenvalue weighted by Gasteiger charge is -2.26. The van der Waals surface area contributed by atoms with Crippen LogP contribution in [0, 0.1) is 11.7 Å². The summed E-state index contributed by atoms with van der Waals surface area (Å²) in [5.41, 5.74) is 7.40. The van der Waals surface area contributed by atoms with Gasteiger partial charge in [-0.2, -0.15) is 0 Å². The largest absolute Gasteiger partial charge is 0.369 e. The lowest BCUT2D eigenvalue weighted by Crippen LogP contribution is -2.27. The molecule has 17 heavy (non-hydrogen) atoms. The van der Waals surface area contributed by atoms with Gasteiger partial charge in [-0.05, 0) is 50.3 Å². The molecule has 1 fully saturated rings. The molecule has 94 valence electrons. The highest BCUT2D eigenvalue weighted by molar-refractivity contribution is 5.55. The Labute approximate surface area is 103 Å². The van der Waals surface area contributed by atoms with E-state index >= 15 is 0 Å². The number of benzene rings is 1. The first kappa shape index (κ1) is 12.4. The molecule has 0 aliphatic heterocycles. The van der Waals surface area contributed by atoms with Crippen LogP contribution in [0.4, 0.5) is 10.1 Å². The highest BCUT2D eigenvalue weighted by Gasteiger charge is 2.25. The number of hydrogen-bond acceptors (Lipinski definition) is 2. The molecule has 0 heterocycles. The summed E-state index contributed by atoms with van der Waals surface area (Å²) in [5, 5.41) is 0. The molecule has 0 aromatic heterocycles. The zero-order chi connectivity index (χ0) is 12.3. The SMILES string of the molecule is CCN(CC1CC1)c1c(F)cccc1CCN. The van der Waals surface area contributed by atoms with E-state index in [1.807, 2.05) is 6.07 Å². The van der Waals surface area contributed by atoms with Crippen molar-refractivity contribution in [1.82, 2.24) is 0 Å². The van der Waals surface area contributed by atoms with E-state index in [0.29, 0.717) is 6.54 Å². The maximum Gasteiger partial charge on any atom is 0.146 e. The van der Waals surface area contributed by atoms with Gasteiger partial charge in [0.15, 0.2) is 0 Å². The van der Waals surface area contributed by atoms with Gasteiger partial charge in [0.2, 0.25) is 0 Å². The smallest absolute Gasteiger partial charge is 0.146 e. The summed E-state index contributed by atoms with van der Waals surface area (Å²) < 4.78 is 14.0. The lowest BCUT2D eigenvalue weighted by molar-refractivity contribution is 0.610. The molecule has 1 aromatic rings. The Morgan fingerprint density at radius 1 is 1.41 bits per heavy atom. The van der Waals surface area contributed by atoms with Crippen LogP contribution in [0.2, 0.25) is 0 Å². The third-order valence-electron chi connectivity index (χ3n) is 3.36. The van der Waals surface area contributed by atoms with E-state index in [0.717, 1.165) is 36.7 Å². The maximum atomic E-state index is 14.0. The number of nitrogens with two attached hydrogens (primary N) is 1. The highest BCUT2D eigenvalue weighted by Crippen LogP contribution is 2.33. The second-order valence-electron chi connectivity index (χ2n) is 4.77. The summed E-state index contributed by atoms with van der Waals surface area (Å²) in [6.45, 7) is 4.49. The maximum absolute atomic E-state index is 14.0. The Hall–Kier alpha value is -1.09. The van der Waals surface area contributed by atoms with E-state index in [2.05, 4.69) is 11.8 Å². The Bertz CT molecular complexity index is 374. The summed E-state index contributed by atoms with van der Waals surface area (Å²) in [4.78, 5) is 2.16. The van der Waals surface area contributed by atoms with Crippen LogP contribution in [-0.2, 0) is 6.42 Å². The minimum atomic E-state index is -0.113. The monoisotopic (exact) mass is 236 g/mol. The topological polar surface area (TPSA) is 29.3 Å². The van der Waals surface area contributed by atoms with Gasteiger partial charge in [-0.15, -0.1) is 0 Å². The molecule has 0 atom stereocenters. The van der Waals surface area contributed by atoms with Crippen LogP contribution in [0.1, 0.15) is 25.3 Å². The first-order chi connectivity index (χ1) is 8.26. The van der Waals surface area contributed by atoms with Crippen molar-refractivity contribution in [2.75, 3.05) is 24.5 Å². The zero-order valence-corrected chi connectivity index (χ0v) is 10.5. The van der Waals surface area contributed by atoms with Gasteiger partial charge in [-0.1, -0.05) is 12.1 Å². The third-order valence-corrected chi connectivity index (χ3v) is 3.36. The predicted molar refractivity (Wildman–Crippen MR) is 69.8 cm³/mol. The molecule has 2 nitrogen and oxygen atoms in total. The number of halogens is 1. The van der Waals surface area contributed by atoms with E-state index in [4.69, 9.17) is 5.73 Å². The Morgan fingerprint density at radius 3 is 2.76 bits per heavy atom. The molecular weight excluding hydrogens is 215 g/mol. The molecule has 1 aliphatic rings. The fourth-order valence-electron chi connectivity index (χ4n) is 2.26. The van der Waals surface area contributed by atoms with Gasteiger partial charge in [0, 0.05) is 13.1 Å². The Kier molecular flexibility index (Phi) is 4.00. The highest BCUT2D eigenvalue weighted by atomic mass is 19.1. The molecule has 0 radical (unpaired) electrons. The number of anilines is 1. The van der Waals surface area contributed by atoms with Crippen molar-refractivity contribution in [3.05, 3.63) is 29.6 Å². The summed E-state index contributed by atoms with van der Waals surface area (Å²) in [6, 6.07) is 5.31. The molecule has 0 bridgehead atoms. The number of rotatable bonds is 6. The molecule has 0 spiro atoms. The molecule has 2 N–H and O–H groups in total. The van der Waals surface area contributed by atoms with Crippen molar-refractivity contribution in [3.8, 4) is 0 Å². The van der Waals surface area contributed by atoms with E-state index < -0.39 is 0 Å². The van der Waals surface area contributed by atoms with Crippen LogP contribution >= 0.6 is 0 Å². The quantitative estimate of drug-likeness (QED) is 0.822. The Morgan fingerprint density at radius 2 is 2.18 bits per heavy atom. The van der Waals surface area contributed by atoms with Crippen molar-refractivity contribution >= 4 is 5.69 Å². The average Bonchev–Trinajstić information content (AvgIpc) is 3.11. The standard InChI is InChI=1S/C14H21FN2/c1-2-17(10-11-6-7-11)14-12(8-9-16)4-3-5-13(14)15/h3-5,11H,2,6-10,16H2,1H3. The second kappa shape index (κ2) is 5.50. The van der Waals surface area contributed by atoms with Crippen molar-refractivity contribution < 1.29 is 4.39 Å². The van der Waals surface area contributed by atoms with E-state index in [-0.39, 0.29) is 5.82 Å². The first-order valence-corrected chi connectivity index (χ1v) is 6.48. The lowest BCUT2D eigenvalue weighted by atomic mass is 10.1. The van der Waals surface area contributed by atoms with Crippen LogP contribution in [-0.4, -0.2) is 19.6 Å². The molecule has 0 unspecified atom stereocenters. The van der Waals surface area contributed by atoms with Crippen molar-refractivity contribution in [2.45, 2.75) is 26.2 Å². The van der Waals surface area contributed by atoms with Gasteiger partial charge >= 0.3 is 0 Å². The summed E-state index contributed by atoms with van der Waals surface area (Å²) in [5.74, 6) is 0.652. The van der Waals surface area contributed by atoms with Gasteiger partial charge in [-0.3, -0.25) is 0 Å². The van der Waals surface area contributed by atoms with Crippen LogP contribution in [0.15, 0.2) is 18.2 Å². The summed E-state index contributed by atoms with van der Waals surface area (Å²) in [6.07, 6.45) is 3.32. The number of hydrogen-bond donors (Lipinski definition) is 1. The predicted octanol–water partition coefficient (Wildman–Crippen LogP) is 2.56. The van der Waals surface area contributed by atoms with Gasteiger partial charge in [0.25, 0.3) is 0 Å². The Balaban J connectivity index is 2.25. The van der Waals surface area contributed by atoms with Crippen molar-refractivity contribution in [3.63, 3.8) is 0 Å². The molecule has 1 saturated carbocycles. The van der Waals surface area contributed by atoms with E-state index in [1.54, 1.807) is 12.1 Å². The van der Waals surface area contributed by atoms with Gasteiger partial charge < -0.3 is 10.6 Å². The van der Waals surface area contributed by atoms with Crippen LogP contribution in [0.25, 0.3) is 0 Å². The summed E-state index contributed by atoms with van der Waals surface area (Å²) in [7, 11) is 0. The van der Waals surface area contributed by atoms with Crippen molar-refractivity contribution in [2.24, 2.45) is 11.7 Å². The fraction of sp³-hybridized carbons (Fsp3) is 0.571. The minimum Gasteiger partial charge on any atom is -0.369 e. The van der Waals surface area contributed by atoms with Crippen LogP contribution in [0.3, 0.4) is 0 Å².